The molecule has 0 spiro atoms. The monoisotopic (exact) mass is 205 g/mol. The second kappa shape index (κ2) is 3.57. The van der Waals surface area contributed by atoms with Gasteiger partial charge in [-0.2, -0.15) is 0 Å². The van der Waals surface area contributed by atoms with Gasteiger partial charge in [0.05, 0.1) is 13.7 Å². The summed E-state index contributed by atoms with van der Waals surface area (Å²) in [6.45, 7) is 4.79. The van der Waals surface area contributed by atoms with E-state index in [4.69, 9.17) is 9.47 Å². The number of ether oxygens (including phenoxy) is 2. The largest absolute Gasteiger partial charge is 0.497 e. The van der Waals surface area contributed by atoms with Crippen molar-refractivity contribution in [3.8, 4) is 5.75 Å². The molecule has 2 rings (SSSR count). The van der Waals surface area contributed by atoms with Crippen LogP contribution in [0.15, 0.2) is 29.3 Å². The maximum absolute atomic E-state index is 5.72. The van der Waals surface area contributed by atoms with Crippen molar-refractivity contribution in [3.05, 3.63) is 29.8 Å². The van der Waals surface area contributed by atoms with E-state index in [2.05, 4.69) is 4.99 Å². The van der Waals surface area contributed by atoms with Crippen LogP contribution in [0, 0.1) is 0 Å². The third-order valence-corrected chi connectivity index (χ3v) is 2.31. The Bertz CT molecular complexity index is 379. The first-order chi connectivity index (χ1) is 7.11. The standard InChI is InChI=1S/C12H15NO2/c1-12(2)8-13-11(15-12)9-4-6-10(14-3)7-5-9/h4-7H,8H2,1-3H3. The zero-order valence-electron chi connectivity index (χ0n) is 9.28. The van der Waals surface area contributed by atoms with Crippen LogP contribution in [0.5, 0.6) is 5.75 Å². The van der Waals surface area contributed by atoms with E-state index in [-0.39, 0.29) is 5.60 Å². The van der Waals surface area contributed by atoms with Gasteiger partial charge >= 0.3 is 0 Å². The smallest absolute Gasteiger partial charge is 0.216 e. The molecule has 0 bridgehead atoms. The zero-order valence-corrected chi connectivity index (χ0v) is 9.28. The Kier molecular flexibility index (Phi) is 2.39. The molecule has 1 heterocycles. The van der Waals surface area contributed by atoms with Crippen molar-refractivity contribution >= 4 is 5.90 Å². The van der Waals surface area contributed by atoms with E-state index in [0.717, 1.165) is 17.2 Å². The van der Waals surface area contributed by atoms with Gasteiger partial charge in [0.2, 0.25) is 5.90 Å². The van der Waals surface area contributed by atoms with Crippen molar-refractivity contribution in [3.63, 3.8) is 0 Å². The molecular formula is C12H15NO2. The first-order valence-electron chi connectivity index (χ1n) is 4.99. The molecule has 1 aromatic rings. The van der Waals surface area contributed by atoms with Crippen molar-refractivity contribution in [2.75, 3.05) is 13.7 Å². The van der Waals surface area contributed by atoms with Crippen LogP contribution >= 0.6 is 0 Å². The average molecular weight is 205 g/mol. The second-order valence-corrected chi connectivity index (χ2v) is 4.21. The van der Waals surface area contributed by atoms with E-state index in [0.29, 0.717) is 6.54 Å². The summed E-state index contributed by atoms with van der Waals surface area (Å²) in [5, 5.41) is 0. The van der Waals surface area contributed by atoms with Gasteiger partial charge in [-0.3, -0.25) is 0 Å². The normalized spacial score (nSPS) is 18.2. The molecule has 1 aliphatic rings. The van der Waals surface area contributed by atoms with Crippen LogP contribution in [0.1, 0.15) is 19.4 Å². The van der Waals surface area contributed by atoms with Crippen LogP contribution in [0.25, 0.3) is 0 Å². The van der Waals surface area contributed by atoms with Gasteiger partial charge in [0.25, 0.3) is 0 Å². The summed E-state index contributed by atoms with van der Waals surface area (Å²) in [5.74, 6) is 1.57. The molecular weight excluding hydrogens is 190 g/mol. The van der Waals surface area contributed by atoms with Crippen LogP contribution in [0.3, 0.4) is 0 Å². The quantitative estimate of drug-likeness (QED) is 0.741. The first kappa shape index (κ1) is 10.0. The van der Waals surface area contributed by atoms with Crippen LogP contribution < -0.4 is 4.74 Å². The molecule has 0 aliphatic carbocycles. The number of hydrogen-bond acceptors (Lipinski definition) is 3. The van der Waals surface area contributed by atoms with Crippen LogP contribution in [0.4, 0.5) is 0 Å². The highest BCUT2D eigenvalue weighted by molar-refractivity contribution is 5.95. The molecule has 0 aromatic heterocycles. The third kappa shape index (κ3) is 2.12. The van der Waals surface area contributed by atoms with E-state index in [9.17, 15) is 0 Å². The van der Waals surface area contributed by atoms with Crippen LogP contribution in [0.2, 0.25) is 0 Å². The summed E-state index contributed by atoms with van der Waals surface area (Å²) in [6.07, 6.45) is 0. The number of hydrogen-bond donors (Lipinski definition) is 0. The minimum Gasteiger partial charge on any atom is -0.497 e. The maximum atomic E-state index is 5.72. The first-order valence-corrected chi connectivity index (χ1v) is 4.99. The molecule has 0 N–H and O–H groups in total. The molecule has 0 saturated carbocycles. The van der Waals surface area contributed by atoms with Gasteiger partial charge in [0.15, 0.2) is 0 Å². The van der Waals surface area contributed by atoms with Gasteiger partial charge < -0.3 is 9.47 Å². The highest BCUT2D eigenvalue weighted by Crippen LogP contribution is 2.22. The topological polar surface area (TPSA) is 30.8 Å². The highest BCUT2D eigenvalue weighted by atomic mass is 16.5. The lowest BCUT2D eigenvalue weighted by Crippen LogP contribution is -2.24. The highest BCUT2D eigenvalue weighted by Gasteiger charge is 2.27. The van der Waals surface area contributed by atoms with Crippen molar-refractivity contribution in [1.29, 1.82) is 0 Å². The Hall–Kier alpha value is -1.51. The molecule has 3 heteroatoms. The SMILES string of the molecule is COc1ccc(C2=NCC(C)(C)O2)cc1. The van der Waals surface area contributed by atoms with Crippen molar-refractivity contribution in [1.82, 2.24) is 0 Å². The van der Waals surface area contributed by atoms with E-state index in [1.807, 2.05) is 38.1 Å². The molecule has 0 saturated heterocycles. The Morgan fingerprint density at radius 3 is 2.40 bits per heavy atom. The number of nitrogens with zero attached hydrogens (tertiary/aromatic N) is 1. The summed E-state index contributed by atoms with van der Waals surface area (Å²) in [6, 6.07) is 7.73. The second-order valence-electron chi connectivity index (χ2n) is 4.21. The fourth-order valence-corrected chi connectivity index (χ4v) is 1.47. The zero-order chi connectivity index (χ0) is 10.9. The molecule has 80 valence electrons. The Labute approximate surface area is 89.7 Å². The number of methoxy groups -OCH3 is 1. The predicted molar refractivity (Wildman–Crippen MR) is 59.6 cm³/mol. The van der Waals surface area contributed by atoms with Gasteiger partial charge in [0, 0.05) is 5.56 Å². The van der Waals surface area contributed by atoms with Crippen molar-refractivity contribution in [2.24, 2.45) is 4.99 Å². The average Bonchev–Trinajstić information content (AvgIpc) is 2.59. The van der Waals surface area contributed by atoms with Gasteiger partial charge in [-0.05, 0) is 38.1 Å². The van der Waals surface area contributed by atoms with E-state index >= 15 is 0 Å². The number of aliphatic imine (C=N–C) groups is 1. The number of benzene rings is 1. The molecule has 0 unspecified atom stereocenters. The van der Waals surface area contributed by atoms with Crippen LogP contribution in [-0.4, -0.2) is 25.2 Å². The summed E-state index contributed by atoms with van der Waals surface area (Å²) in [7, 11) is 1.65. The third-order valence-electron chi connectivity index (χ3n) is 2.31. The Morgan fingerprint density at radius 1 is 1.27 bits per heavy atom. The molecule has 1 aromatic carbocycles. The number of rotatable bonds is 2. The molecule has 0 atom stereocenters. The van der Waals surface area contributed by atoms with E-state index in [1.54, 1.807) is 7.11 Å². The van der Waals surface area contributed by atoms with E-state index in [1.165, 1.54) is 0 Å². The molecule has 0 amide bonds. The minimum atomic E-state index is -0.171. The lowest BCUT2D eigenvalue weighted by Gasteiger charge is -2.17. The lowest BCUT2D eigenvalue weighted by atomic mass is 10.1. The summed E-state index contributed by atoms with van der Waals surface area (Å²) in [4.78, 5) is 4.37. The molecule has 3 nitrogen and oxygen atoms in total. The fourth-order valence-electron chi connectivity index (χ4n) is 1.47. The van der Waals surface area contributed by atoms with Gasteiger partial charge in [0.1, 0.15) is 11.4 Å². The van der Waals surface area contributed by atoms with Gasteiger partial charge in [-0.25, -0.2) is 4.99 Å². The lowest BCUT2D eigenvalue weighted by molar-refractivity contribution is 0.131. The van der Waals surface area contributed by atoms with E-state index < -0.39 is 0 Å². The summed E-state index contributed by atoms with van der Waals surface area (Å²) < 4.78 is 10.8. The molecule has 1 aliphatic heterocycles. The minimum absolute atomic E-state index is 0.171. The van der Waals surface area contributed by atoms with Crippen molar-refractivity contribution < 1.29 is 9.47 Å². The molecule has 0 radical (unpaired) electrons. The maximum Gasteiger partial charge on any atom is 0.216 e. The summed E-state index contributed by atoms with van der Waals surface area (Å²) in [5.41, 5.74) is 0.830. The van der Waals surface area contributed by atoms with Gasteiger partial charge in [-0.1, -0.05) is 0 Å². The Morgan fingerprint density at radius 2 is 1.93 bits per heavy atom. The fraction of sp³-hybridized carbons (Fsp3) is 0.417. The summed E-state index contributed by atoms with van der Waals surface area (Å²) >= 11 is 0. The van der Waals surface area contributed by atoms with Gasteiger partial charge in [-0.15, -0.1) is 0 Å². The Balaban J connectivity index is 2.18. The van der Waals surface area contributed by atoms with Crippen molar-refractivity contribution in [2.45, 2.75) is 19.4 Å². The molecule has 15 heavy (non-hydrogen) atoms. The predicted octanol–water partition coefficient (Wildman–Crippen LogP) is 2.25. The molecule has 0 fully saturated rings. The van der Waals surface area contributed by atoms with Crippen LogP contribution in [-0.2, 0) is 4.74 Å².